The first kappa shape index (κ1) is 19.9. The maximum atomic E-state index is 13.7. The molecule has 0 spiro atoms. The molecule has 1 heterocycles. The zero-order chi connectivity index (χ0) is 19.4. The van der Waals surface area contributed by atoms with Crippen LogP contribution in [0.2, 0.25) is 10.0 Å². The molecule has 0 saturated heterocycles. The number of benzene rings is 2. The van der Waals surface area contributed by atoms with Crippen molar-refractivity contribution in [2.45, 2.75) is 16.5 Å². The van der Waals surface area contributed by atoms with Gasteiger partial charge in [0.15, 0.2) is 4.34 Å². The Morgan fingerprint density at radius 3 is 2.74 bits per heavy atom. The Kier molecular flexibility index (Phi) is 6.54. The topological polar surface area (TPSA) is 66.9 Å². The molecule has 27 heavy (non-hydrogen) atoms. The summed E-state index contributed by atoms with van der Waals surface area (Å²) in [5, 5.41) is 14.5. The van der Waals surface area contributed by atoms with E-state index < -0.39 is 5.25 Å². The lowest BCUT2D eigenvalue weighted by atomic mass is 10.3. The second kappa shape index (κ2) is 8.88. The van der Waals surface area contributed by atoms with Gasteiger partial charge in [-0.1, -0.05) is 58.4 Å². The summed E-state index contributed by atoms with van der Waals surface area (Å²) in [7, 11) is 0. The third kappa shape index (κ3) is 5.32. The van der Waals surface area contributed by atoms with Crippen molar-refractivity contribution >= 4 is 68.7 Å². The van der Waals surface area contributed by atoms with Crippen molar-refractivity contribution in [2.24, 2.45) is 0 Å². The van der Waals surface area contributed by atoms with E-state index >= 15 is 0 Å². The van der Waals surface area contributed by atoms with Crippen LogP contribution in [0.5, 0.6) is 0 Å². The predicted molar refractivity (Wildman–Crippen MR) is 110 cm³/mol. The number of aromatic nitrogens is 2. The fraction of sp³-hybridized carbons (Fsp3) is 0.118. The van der Waals surface area contributed by atoms with Crippen LogP contribution < -0.4 is 10.6 Å². The van der Waals surface area contributed by atoms with E-state index in [2.05, 4.69) is 20.8 Å². The first-order valence-electron chi connectivity index (χ1n) is 7.70. The van der Waals surface area contributed by atoms with Crippen LogP contribution in [0.25, 0.3) is 0 Å². The minimum atomic E-state index is -0.450. The molecule has 1 aromatic heterocycles. The zero-order valence-corrected chi connectivity index (χ0v) is 17.0. The summed E-state index contributed by atoms with van der Waals surface area (Å²) in [5.74, 6) is -0.629. The van der Waals surface area contributed by atoms with Gasteiger partial charge in [0.2, 0.25) is 11.0 Å². The summed E-state index contributed by atoms with van der Waals surface area (Å²) >= 11 is 14.5. The number of amides is 1. The summed E-state index contributed by atoms with van der Waals surface area (Å²) in [4.78, 5) is 12.4. The summed E-state index contributed by atoms with van der Waals surface area (Å²) in [6.07, 6.45) is 0. The summed E-state index contributed by atoms with van der Waals surface area (Å²) < 4.78 is 14.3. The molecule has 1 unspecified atom stereocenters. The van der Waals surface area contributed by atoms with Crippen LogP contribution in [0.1, 0.15) is 6.92 Å². The highest BCUT2D eigenvalue weighted by Gasteiger charge is 2.18. The third-order valence-electron chi connectivity index (χ3n) is 3.36. The van der Waals surface area contributed by atoms with E-state index in [0.29, 0.717) is 30.9 Å². The molecule has 0 radical (unpaired) electrons. The Bertz CT molecular complexity index is 970. The number of para-hydroxylation sites is 1. The van der Waals surface area contributed by atoms with E-state index in [9.17, 15) is 9.18 Å². The van der Waals surface area contributed by atoms with Crippen LogP contribution in [0.15, 0.2) is 46.8 Å². The van der Waals surface area contributed by atoms with Crippen LogP contribution in [0.4, 0.5) is 20.9 Å². The van der Waals surface area contributed by atoms with E-state index in [1.807, 2.05) is 0 Å². The van der Waals surface area contributed by atoms with E-state index in [1.165, 1.54) is 29.2 Å². The van der Waals surface area contributed by atoms with Crippen molar-refractivity contribution in [3.63, 3.8) is 0 Å². The van der Waals surface area contributed by atoms with Crippen LogP contribution in [-0.2, 0) is 4.79 Å². The Labute approximate surface area is 173 Å². The summed E-state index contributed by atoms with van der Waals surface area (Å²) in [5.41, 5.74) is 0.757. The first-order chi connectivity index (χ1) is 12.9. The molecule has 0 aliphatic heterocycles. The van der Waals surface area contributed by atoms with E-state index in [-0.39, 0.29) is 11.7 Å². The molecule has 0 fully saturated rings. The smallest absolute Gasteiger partial charge is 0.237 e. The van der Waals surface area contributed by atoms with Crippen molar-refractivity contribution in [1.82, 2.24) is 10.2 Å². The van der Waals surface area contributed by atoms with E-state index in [4.69, 9.17) is 23.2 Å². The summed E-state index contributed by atoms with van der Waals surface area (Å²) in [6.45, 7) is 1.74. The molecular formula is C17H13Cl2FN4OS2. The van der Waals surface area contributed by atoms with Crippen molar-refractivity contribution in [3.8, 4) is 0 Å². The average Bonchev–Trinajstić information content (AvgIpc) is 3.07. The Morgan fingerprint density at radius 1 is 1.19 bits per heavy atom. The second-order valence-electron chi connectivity index (χ2n) is 5.35. The number of carbonyl (C=O) groups is 1. The van der Waals surface area contributed by atoms with Crippen LogP contribution in [-0.4, -0.2) is 21.4 Å². The molecule has 140 valence electrons. The molecule has 0 aliphatic carbocycles. The standard InChI is InChI=1S/C17H13Cl2FN4OS2/c1-9(15(25)21-14-8-10(18)6-7-11(14)19)26-17-24-23-16(27-17)22-13-5-3-2-4-12(13)20/h2-9H,1H3,(H,21,25)(H,22,23). The second-order valence-corrected chi connectivity index (χ2v) is 8.76. The molecule has 0 aliphatic rings. The number of nitrogens with zero attached hydrogens (tertiary/aromatic N) is 2. The molecule has 3 aromatic rings. The number of hydrogen-bond donors (Lipinski definition) is 2. The highest BCUT2D eigenvalue weighted by atomic mass is 35.5. The molecule has 3 rings (SSSR count). The van der Waals surface area contributed by atoms with E-state index in [0.717, 1.165) is 0 Å². The molecule has 2 aromatic carbocycles. The molecule has 2 N–H and O–H groups in total. The Morgan fingerprint density at radius 2 is 1.96 bits per heavy atom. The molecule has 0 bridgehead atoms. The normalized spacial score (nSPS) is 11.9. The summed E-state index contributed by atoms with van der Waals surface area (Å²) in [6, 6.07) is 11.1. The number of nitrogens with one attached hydrogen (secondary N) is 2. The lowest BCUT2D eigenvalue weighted by Crippen LogP contribution is -2.22. The minimum Gasteiger partial charge on any atom is -0.328 e. The van der Waals surface area contributed by atoms with Gasteiger partial charge in [-0.15, -0.1) is 10.2 Å². The van der Waals surface area contributed by atoms with Gasteiger partial charge in [-0.3, -0.25) is 4.79 Å². The molecule has 1 amide bonds. The number of hydrogen-bond acceptors (Lipinski definition) is 6. The Hall–Kier alpha value is -1.87. The number of anilines is 3. The van der Waals surface area contributed by atoms with Crippen LogP contribution >= 0.6 is 46.3 Å². The molecule has 5 nitrogen and oxygen atoms in total. The predicted octanol–water partition coefficient (Wildman–Crippen LogP) is 5.85. The largest absolute Gasteiger partial charge is 0.328 e. The minimum absolute atomic E-state index is 0.247. The first-order valence-corrected chi connectivity index (χ1v) is 10.1. The van der Waals surface area contributed by atoms with Crippen molar-refractivity contribution in [3.05, 3.63) is 58.3 Å². The Balaban J connectivity index is 1.62. The van der Waals surface area contributed by atoms with Crippen molar-refractivity contribution < 1.29 is 9.18 Å². The monoisotopic (exact) mass is 442 g/mol. The third-order valence-corrected chi connectivity index (χ3v) is 5.94. The average molecular weight is 443 g/mol. The molecule has 1 atom stereocenters. The lowest BCUT2D eigenvalue weighted by molar-refractivity contribution is -0.115. The fourth-order valence-corrected chi connectivity index (χ4v) is 4.26. The van der Waals surface area contributed by atoms with Gasteiger partial charge < -0.3 is 10.6 Å². The zero-order valence-electron chi connectivity index (χ0n) is 13.9. The van der Waals surface area contributed by atoms with Crippen molar-refractivity contribution in [1.29, 1.82) is 0 Å². The van der Waals surface area contributed by atoms with Gasteiger partial charge in [0.1, 0.15) is 5.82 Å². The van der Waals surface area contributed by atoms with Gasteiger partial charge in [-0.25, -0.2) is 4.39 Å². The lowest BCUT2D eigenvalue weighted by Gasteiger charge is -2.11. The number of halogens is 3. The molecular weight excluding hydrogens is 430 g/mol. The number of thioether (sulfide) groups is 1. The number of rotatable bonds is 6. The maximum Gasteiger partial charge on any atom is 0.237 e. The highest BCUT2D eigenvalue weighted by Crippen LogP contribution is 2.32. The highest BCUT2D eigenvalue weighted by molar-refractivity contribution is 8.02. The van der Waals surface area contributed by atoms with Gasteiger partial charge in [-0.05, 0) is 37.3 Å². The van der Waals surface area contributed by atoms with Crippen molar-refractivity contribution in [2.75, 3.05) is 10.6 Å². The van der Waals surface area contributed by atoms with Gasteiger partial charge in [0, 0.05) is 5.02 Å². The number of carbonyl (C=O) groups excluding carboxylic acids is 1. The van der Waals surface area contributed by atoms with Gasteiger partial charge >= 0.3 is 0 Å². The molecule has 10 heteroatoms. The maximum absolute atomic E-state index is 13.7. The van der Waals surface area contributed by atoms with Gasteiger partial charge in [0.25, 0.3) is 0 Å². The van der Waals surface area contributed by atoms with Crippen LogP contribution in [0, 0.1) is 5.82 Å². The molecule has 0 saturated carbocycles. The van der Waals surface area contributed by atoms with Gasteiger partial charge in [-0.2, -0.15) is 0 Å². The fourth-order valence-electron chi connectivity index (χ4n) is 2.02. The van der Waals surface area contributed by atoms with E-state index in [1.54, 1.807) is 43.3 Å². The quantitative estimate of drug-likeness (QED) is 0.468. The SMILES string of the molecule is CC(Sc1nnc(Nc2ccccc2F)s1)C(=O)Nc1cc(Cl)ccc1Cl. The van der Waals surface area contributed by atoms with Gasteiger partial charge in [0.05, 0.1) is 21.6 Å². The van der Waals surface area contributed by atoms with Crippen LogP contribution in [0.3, 0.4) is 0 Å².